The predicted molar refractivity (Wildman–Crippen MR) is 145 cm³/mol. The molecule has 196 valence electrons. The normalized spacial score (nSPS) is 15.1. The Morgan fingerprint density at radius 3 is 2.28 bits per heavy atom. The van der Waals surface area contributed by atoms with Crippen molar-refractivity contribution in [2.24, 2.45) is 0 Å². The first kappa shape index (κ1) is 25.9. The van der Waals surface area contributed by atoms with Crippen LogP contribution in [0, 0.1) is 6.92 Å². The van der Waals surface area contributed by atoms with Crippen molar-refractivity contribution in [3.05, 3.63) is 117 Å². The van der Waals surface area contributed by atoms with Gasteiger partial charge in [0.15, 0.2) is 5.76 Å². The molecule has 0 aliphatic carbocycles. The number of phenols is 1. The minimum absolute atomic E-state index is 0.0277. The first-order valence-electron chi connectivity index (χ1n) is 12.1. The Bertz CT molecular complexity index is 1590. The quantitative estimate of drug-likeness (QED) is 0.238. The Hall–Kier alpha value is -4.76. The van der Waals surface area contributed by atoms with Gasteiger partial charge in [-0.2, -0.15) is 0 Å². The molecular formula is C30H24N2O6S. The molecule has 5 rings (SSSR count). The largest absolute Gasteiger partial charge is 0.508 e. The fraction of sp³-hybridized carbons (Fsp3) is 0.133. The van der Waals surface area contributed by atoms with Crippen LogP contribution in [0.25, 0.3) is 10.6 Å². The van der Waals surface area contributed by atoms with Gasteiger partial charge in [0.1, 0.15) is 10.8 Å². The van der Waals surface area contributed by atoms with E-state index < -0.39 is 29.5 Å². The number of esters is 1. The van der Waals surface area contributed by atoms with Gasteiger partial charge in [-0.25, -0.2) is 9.78 Å². The third kappa shape index (κ3) is 4.92. The average Bonchev–Trinajstić information content (AvgIpc) is 3.46. The number of rotatable bonds is 7. The average molecular weight is 541 g/mol. The Kier molecular flexibility index (Phi) is 7.00. The van der Waals surface area contributed by atoms with Gasteiger partial charge in [-0.1, -0.05) is 54.6 Å². The molecule has 0 saturated heterocycles. The van der Waals surface area contributed by atoms with Crippen LogP contribution in [-0.4, -0.2) is 44.9 Å². The molecule has 2 N–H and O–H groups in total. The van der Waals surface area contributed by atoms with Gasteiger partial charge in [-0.3, -0.25) is 9.59 Å². The predicted octanol–water partition coefficient (Wildman–Crippen LogP) is 5.39. The second kappa shape index (κ2) is 10.5. The molecule has 1 unspecified atom stereocenters. The Morgan fingerprint density at radius 2 is 1.64 bits per heavy atom. The van der Waals surface area contributed by atoms with Crippen LogP contribution >= 0.6 is 11.3 Å². The van der Waals surface area contributed by atoms with E-state index in [0.29, 0.717) is 32.3 Å². The number of ketones is 1. The van der Waals surface area contributed by atoms with Gasteiger partial charge in [-0.05, 0) is 42.3 Å². The third-order valence-electron chi connectivity index (χ3n) is 6.51. The number of benzene rings is 3. The molecule has 1 aliphatic rings. The van der Waals surface area contributed by atoms with Crippen LogP contribution in [0.4, 0.5) is 0 Å². The zero-order valence-corrected chi connectivity index (χ0v) is 21.9. The van der Waals surface area contributed by atoms with Crippen LogP contribution in [0.15, 0.2) is 90.2 Å². The number of aryl methyl sites for hydroxylation is 1. The van der Waals surface area contributed by atoms with E-state index in [1.807, 2.05) is 30.3 Å². The molecule has 8 nitrogen and oxygen atoms in total. The lowest BCUT2D eigenvalue weighted by Crippen LogP contribution is -2.30. The molecule has 3 aromatic carbocycles. The summed E-state index contributed by atoms with van der Waals surface area (Å²) >= 11 is 1.20. The molecule has 9 heteroatoms. The summed E-state index contributed by atoms with van der Waals surface area (Å²) in [5.41, 5.74) is 2.89. The van der Waals surface area contributed by atoms with Gasteiger partial charge in [0.25, 0.3) is 5.91 Å². The van der Waals surface area contributed by atoms with Crippen LogP contribution in [0.5, 0.6) is 5.75 Å². The molecule has 1 atom stereocenters. The first-order chi connectivity index (χ1) is 18.8. The molecule has 0 saturated carbocycles. The number of Topliss-reactive ketones (excluding diaryl/α,β-unsaturated/α-hetero) is 1. The molecule has 1 aromatic heterocycles. The molecule has 1 aliphatic heterocycles. The van der Waals surface area contributed by atoms with E-state index in [2.05, 4.69) is 4.98 Å². The summed E-state index contributed by atoms with van der Waals surface area (Å²) in [7, 11) is 1.29. The minimum atomic E-state index is -0.910. The van der Waals surface area contributed by atoms with Crippen LogP contribution in [0.3, 0.4) is 0 Å². The van der Waals surface area contributed by atoms with Crippen molar-refractivity contribution in [3.8, 4) is 16.3 Å². The number of carbonyl (C=O) groups is 3. The van der Waals surface area contributed by atoms with Crippen molar-refractivity contribution in [3.63, 3.8) is 0 Å². The number of methoxy groups -OCH3 is 1. The number of aliphatic hydroxyl groups excluding tert-OH is 1. The second-order valence-corrected chi connectivity index (χ2v) is 10.0. The van der Waals surface area contributed by atoms with E-state index in [9.17, 15) is 24.6 Å². The summed E-state index contributed by atoms with van der Waals surface area (Å²) in [5.74, 6) is -2.26. The van der Waals surface area contributed by atoms with E-state index >= 15 is 0 Å². The number of aromatic hydroxyl groups is 1. The minimum Gasteiger partial charge on any atom is -0.508 e. The highest BCUT2D eigenvalue weighted by Crippen LogP contribution is 2.42. The summed E-state index contributed by atoms with van der Waals surface area (Å²) in [6, 6.07) is 21.2. The Balaban J connectivity index is 1.54. The van der Waals surface area contributed by atoms with E-state index in [-0.39, 0.29) is 17.9 Å². The summed E-state index contributed by atoms with van der Waals surface area (Å²) in [5, 5.41) is 21.5. The van der Waals surface area contributed by atoms with Crippen molar-refractivity contribution in [2.45, 2.75) is 19.5 Å². The number of phenolic OH excluding ortho intramolecular Hbond substituents is 1. The number of hydrogen-bond acceptors (Lipinski definition) is 8. The number of nitrogens with zero attached hydrogens (tertiary/aromatic N) is 2. The number of carbonyl (C=O) groups excluding carboxylic acids is 3. The number of thiazole rings is 1. The van der Waals surface area contributed by atoms with Gasteiger partial charge < -0.3 is 19.8 Å². The van der Waals surface area contributed by atoms with Crippen LogP contribution in [-0.2, 0) is 16.1 Å². The first-order valence-corrected chi connectivity index (χ1v) is 12.9. The van der Waals surface area contributed by atoms with Crippen molar-refractivity contribution < 1.29 is 29.3 Å². The molecule has 0 bridgehead atoms. The molecule has 2 heterocycles. The highest BCUT2D eigenvalue weighted by atomic mass is 32.1. The maximum absolute atomic E-state index is 13.9. The highest BCUT2D eigenvalue weighted by Gasteiger charge is 2.44. The lowest BCUT2D eigenvalue weighted by molar-refractivity contribution is -0.130. The smallest absolute Gasteiger partial charge is 0.337 e. The van der Waals surface area contributed by atoms with E-state index in [4.69, 9.17) is 4.74 Å². The molecule has 4 aromatic rings. The zero-order valence-electron chi connectivity index (χ0n) is 21.1. The number of aromatic nitrogens is 1. The van der Waals surface area contributed by atoms with Gasteiger partial charge in [-0.15, -0.1) is 11.3 Å². The molecule has 0 fully saturated rings. The summed E-state index contributed by atoms with van der Waals surface area (Å²) in [6.45, 7) is 1.78. The summed E-state index contributed by atoms with van der Waals surface area (Å²) in [4.78, 5) is 45.4. The van der Waals surface area contributed by atoms with Gasteiger partial charge in [0.05, 0.1) is 34.9 Å². The lowest BCUT2D eigenvalue weighted by Gasteiger charge is -2.27. The maximum atomic E-state index is 13.9. The highest BCUT2D eigenvalue weighted by molar-refractivity contribution is 7.17. The van der Waals surface area contributed by atoms with Crippen molar-refractivity contribution >= 4 is 29.0 Å². The zero-order chi connectivity index (χ0) is 27.7. The van der Waals surface area contributed by atoms with Crippen molar-refractivity contribution in [1.82, 2.24) is 9.88 Å². The third-order valence-corrected chi connectivity index (χ3v) is 7.71. The molecule has 39 heavy (non-hydrogen) atoms. The number of aliphatic hydroxyl groups is 1. The van der Waals surface area contributed by atoms with E-state index in [1.165, 1.54) is 35.5 Å². The molecular weight excluding hydrogens is 516 g/mol. The standard InChI is InChI=1S/C30H24N2O6S/c1-17-27(39-28(31-17)20-6-4-3-5-7-20)25(34)23-24(19-12-14-22(33)15-13-19)32(29(36)26(23)35)16-18-8-10-21(11-9-18)30(37)38-2/h3-15,24,33,35H,16H2,1-2H3. The van der Waals surface area contributed by atoms with Gasteiger partial charge in [0.2, 0.25) is 5.78 Å². The van der Waals surface area contributed by atoms with Crippen LogP contribution in [0.1, 0.15) is 42.9 Å². The topological polar surface area (TPSA) is 117 Å². The molecule has 1 amide bonds. The summed E-state index contributed by atoms with van der Waals surface area (Å²) < 4.78 is 4.74. The van der Waals surface area contributed by atoms with Crippen molar-refractivity contribution in [1.29, 1.82) is 0 Å². The Morgan fingerprint density at radius 1 is 0.974 bits per heavy atom. The van der Waals surface area contributed by atoms with Gasteiger partial charge >= 0.3 is 5.97 Å². The Labute approximate surface area is 228 Å². The van der Waals surface area contributed by atoms with Gasteiger partial charge in [0, 0.05) is 12.1 Å². The monoisotopic (exact) mass is 540 g/mol. The lowest BCUT2D eigenvalue weighted by atomic mass is 9.94. The second-order valence-electron chi connectivity index (χ2n) is 9.01. The number of hydrogen-bond donors (Lipinski definition) is 2. The summed E-state index contributed by atoms with van der Waals surface area (Å²) in [6.07, 6.45) is 0. The number of ether oxygens (including phenoxy) is 1. The van der Waals surface area contributed by atoms with E-state index in [1.54, 1.807) is 43.3 Å². The fourth-order valence-electron chi connectivity index (χ4n) is 4.55. The van der Waals surface area contributed by atoms with Crippen LogP contribution in [0.2, 0.25) is 0 Å². The maximum Gasteiger partial charge on any atom is 0.337 e. The molecule has 0 spiro atoms. The molecule has 0 radical (unpaired) electrons. The van der Waals surface area contributed by atoms with E-state index in [0.717, 1.165) is 5.56 Å². The van der Waals surface area contributed by atoms with Crippen molar-refractivity contribution in [2.75, 3.05) is 7.11 Å². The SMILES string of the molecule is COC(=O)c1ccc(CN2C(=O)C(O)=C(C(=O)c3sc(-c4ccccc4)nc3C)C2c2ccc(O)cc2)cc1. The fourth-order valence-corrected chi connectivity index (χ4v) is 5.57. The number of amides is 1. The van der Waals surface area contributed by atoms with Crippen LogP contribution < -0.4 is 0 Å².